The normalized spacial score (nSPS) is 14.4. The first-order chi connectivity index (χ1) is 8.61. The molecule has 18 heavy (non-hydrogen) atoms. The summed E-state index contributed by atoms with van der Waals surface area (Å²) in [6.45, 7) is 8.92. The van der Waals surface area contributed by atoms with E-state index in [1.807, 2.05) is 12.3 Å². The summed E-state index contributed by atoms with van der Waals surface area (Å²) in [6.07, 6.45) is 8.17. The molecule has 102 valence electrons. The van der Waals surface area contributed by atoms with Crippen LogP contribution in [-0.2, 0) is 6.42 Å². The summed E-state index contributed by atoms with van der Waals surface area (Å²) in [5.74, 6) is 0. The quantitative estimate of drug-likeness (QED) is 0.719. The van der Waals surface area contributed by atoms with Gasteiger partial charge in [-0.15, -0.1) is 0 Å². The highest BCUT2D eigenvalue weighted by atomic mass is 35.5. The highest BCUT2D eigenvalue weighted by Crippen LogP contribution is 2.30. The maximum absolute atomic E-state index is 6.21. The Balaban J connectivity index is 2.69. The molecular formula is C15H25ClN2. The molecule has 0 saturated carbocycles. The highest BCUT2D eigenvalue weighted by molar-refractivity contribution is 6.31. The van der Waals surface area contributed by atoms with Crippen molar-refractivity contribution in [2.24, 2.45) is 5.41 Å². The van der Waals surface area contributed by atoms with Gasteiger partial charge in [0.25, 0.3) is 0 Å². The van der Waals surface area contributed by atoms with E-state index in [1.54, 1.807) is 6.20 Å². The molecule has 1 atom stereocenters. The lowest BCUT2D eigenvalue weighted by Gasteiger charge is -2.30. The Bertz CT molecular complexity index is 354. The van der Waals surface area contributed by atoms with E-state index in [2.05, 4.69) is 31.1 Å². The van der Waals surface area contributed by atoms with E-state index >= 15 is 0 Å². The minimum Gasteiger partial charge on any atom is -0.316 e. The summed E-state index contributed by atoms with van der Waals surface area (Å²) in [6, 6.07) is 2.04. The number of nitrogens with zero attached hydrogens (tertiary/aromatic N) is 1. The predicted octanol–water partition coefficient (Wildman–Crippen LogP) is 4.08. The van der Waals surface area contributed by atoms with Gasteiger partial charge in [-0.25, -0.2) is 0 Å². The molecular weight excluding hydrogens is 244 g/mol. The number of rotatable bonds is 8. The number of halogens is 1. The van der Waals surface area contributed by atoms with Crippen LogP contribution in [0.4, 0.5) is 0 Å². The molecule has 1 N–H and O–H groups in total. The maximum atomic E-state index is 6.21. The van der Waals surface area contributed by atoms with Gasteiger partial charge in [-0.05, 0) is 42.9 Å². The molecule has 0 aliphatic carbocycles. The minimum atomic E-state index is 0.273. The van der Waals surface area contributed by atoms with Crippen molar-refractivity contribution >= 4 is 11.6 Å². The minimum absolute atomic E-state index is 0.273. The number of nitrogens with one attached hydrogen (secondary N) is 1. The Labute approximate surface area is 116 Å². The van der Waals surface area contributed by atoms with E-state index < -0.39 is 0 Å². The molecule has 1 rings (SSSR count). The van der Waals surface area contributed by atoms with Crippen LogP contribution < -0.4 is 5.32 Å². The molecule has 0 amide bonds. The van der Waals surface area contributed by atoms with Crippen molar-refractivity contribution in [3.05, 3.63) is 29.0 Å². The Morgan fingerprint density at radius 1 is 1.33 bits per heavy atom. The molecule has 0 fully saturated rings. The zero-order valence-corrected chi connectivity index (χ0v) is 12.6. The Morgan fingerprint density at radius 3 is 2.72 bits per heavy atom. The first-order valence-corrected chi connectivity index (χ1v) is 7.28. The Morgan fingerprint density at radius 2 is 2.11 bits per heavy atom. The topological polar surface area (TPSA) is 24.9 Å². The summed E-state index contributed by atoms with van der Waals surface area (Å²) in [5, 5.41) is 4.33. The van der Waals surface area contributed by atoms with E-state index in [0.717, 1.165) is 24.5 Å². The highest BCUT2D eigenvalue weighted by Gasteiger charge is 2.24. The third kappa shape index (κ3) is 4.95. The monoisotopic (exact) mass is 268 g/mol. The smallest absolute Gasteiger partial charge is 0.0621 e. The van der Waals surface area contributed by atoms with Gasteiger partial charge in [-0.2, -0.15) is 0 Å². The molecule has 0 aliphatic heterocycles. The Kier molecular flexibility index (Phi) is 6.66. The van der Waals surface area contributed by atoms with Gasteiger partial charge in [0.1, 0.15) is 0 Å². The number of pyridine rings is 1. The molecule has 0 saturated heterocycles. The average molecular weight is 269 g/mol. The van der Waals surface area contributed by atoms with Crippen LogP contribution in [0.1, 0.15) is 45.6 Å². The van der Waals surface area contributed by atoms with Crippen molar-refractivity contribution in [1.29, 1.82) is 0 Å². The van der Waals surface area contributed by atoms with Gasteiger partial charge in [-0.3, -0.25) is 4.98 Å². The van der Waals surface area contributed by atoms with Crippen LogP contribution in [0.15, 0.2) is 18.5 Å². The molecule has 0 bridgehead atoms. The van der Waals surface area contributed by atoms with Crippen LogP contribution in [0.3, 0.4) is 0 Å². The van der Waals surface area contributed by atoms with Gasteiger partial charge in [0, 0.05) is 18.9 Å². The molecule has 0 aliphatic rings. The van der Waals surface area contributed by atoms with Crippen molar-refractivity contribution in [3.63, 3.8) is 0 Å². The number of aromatic nitrogens is 1. The Hall–Kier alpha value is -0.600. The van der Waals surface area contributed by atoms with E-state index in [0.29, 0.717) is 0 Å². The van der Waals surface area contributed by atoms with Crippen LogP contribution in [0.2, 0.25) is 5.02 Å². The first-order valence-electron chi connectivity index (χ1n) is 6.90. The van der Waals surface area contributed by atoms with E-state index in [1.165, 1.54) is 24.8 Å². The second-order valence-corrected chi connectivity index (χ2v) is 5.79. The van der Waals surface area contributed by atoms with Gasteiger partial charge in [0.05, 0.1) is 5.02 Å². The average Bonchev–Trinajstić information content (AvgIpc) is 2.33. The summed E-state index contributed by atoms with van der Waals surface area (Å²) < 4.78 is 0. The van der Waals surface area contributed by atoms with Crippen LogP contribution in [0, 0.1) is 5.41 Å². The van der Waals surface area contributed by atoms with E-state index in [9.17, 15) is 0 Å². The van der Waals surface area contributed by atoms with Crippen molar-refractivity contribution in [1.82, 2.24) is 10.3 Å². The number of hydrogen-bond acceptors (Lipinski definition) is 2. The molecule has 1 aromatic rings. The lowest BCUT2D eigenvalue weighted by Crippen LogP contribution is -2.34. The van der Waals surface area contributed by atoms with Crippen molar-refractivity contribution in [3.8, 4) is 0 Å². The zero-order chi connectivity index (χ0) is 13.4. The largest absolute Gasteiger partial charge is 0.316 e. The molecule has 0 aromatic carbocycles. The second-order valence-electron chi connectivity index (χ2n) is 5.38. The second kappa shape index (κ2) is 7.75. The summed E-state index contributed by atoms with van der Waals surface area (Å²) >= 11 is 6.21. The molecule has 0 spiro atoms. The third-order valence-electron chi connectivity index (χ3n) is 3.31. The SMILES string of the molecule is CCCNCC(C)(CCC)Cc1ccncc1Cl. The standard InChI is InChI=1S/C15H25ClN2/c1-4-7-15(3,12-18-8-5-2)10-13-6-9-17-11-14(13)16/h6,9,11,18H,4-5,7-8,10,12H2,1-3H3. The molecule has 1 aromatic heterocycles. The summed E-state index contributed by atoms with van der Waals surface area (Å²) in [7, 11) is 0. The first kappa shape index (κ1) is 15.5. The van der Waals surface area contributed by atoms with Crippen molar-refractivity contribution in [2.45, 2.75) is 46.5 Å². The fourth-order valence-corrected chi connectivity index (χ4v) is 2.60. The predicted molar refractivity (Wildman–Crippen MR) is 79.1 cm³/mol. The van der Waals surface area contributed by atoms with Gasteiger partial charge in [0.15, 0.2) is 0 Å². The van der Waals surface area contributed by atoms with Crippen molar-refractivity contribution in [2.75, 3.05) is 13.1 Å². The molecule has 3 heteroatoms. The fraction of sp³-hybridized carbons (Fsp3) is 0.667. The van der Waals surface area contributed by atoms with Crippen LogP contribution >= 0.6 is 11.6 Å². The molecule has 0 radical (unpaired) electrons. The van der Waals surface area contributed by atoms with Crippen molar-refractivity contribution < 1.29 is 0 Å². The van der Waals surface area contributed by atoms with E-state index in [4.69, 9.17) is 11.6 Å². The molecule has 1 unspecified atom stereocenters. The van der Waals surface area contributed by atoms with Gasteiger partial charge < -0.3 is 5.32 Å². The lowest BCUT2D eigenvalue weighted by atomic mass is 9.79. The molecule has 1 heterocycles. The van der Waals surface area contributed by atoms with Gasteiger partial charge >= 0.3 is 0 Å². The van der Waals surface area contributed by atoms with Gasteiger partial charge in [0.2, 0.25) is 0 Å². The number of hydrogen-bond donors (Lipinski definition) is 1. The third-order valence-corrected chi connectivity index (χ3v) is 3.65. The summed E-state index contributed by atoms with van der Waals surface area (Å²) in [4.78, 5) is 4.05. The zero-order valence-electron chi connectivity index (χ0n) is 11.8. The lowest BCUT2D eigenvalue weighted by molar-refractivity contribution is 0.275. The van der Waals surface area contributed by atoms with Crippen LogP contribution in [-0.4, -0.2) is 18.1 Å². The molecule has 2 nitrogen and oxygen atoms in total. The summed E-state index contributed by atoms with van der Waals surface area (Å²) in [5.41, 5.74) is 1.48. The van der Waals surface area contributed by atoms with Crippen LogP contribution in [0.25, 0.3) is 0 Å². The maximum Gasteiger partial charge on any atom is 0.0621 e. The van der Waals surface area contributed by atoms with Gasteiger partial charge in [-0.1, -0.05) is 38.8 Å². The van der Waals surface area contributed by atoms with Crippen LogP contribution in [0.5, 0.6) is 0 Å². The van der Waals surface area contributed by atoms with E-state index in [-0.39, 0.29) is 5.41 Å². The fourth-order valence-electron chi connectivity index (χ4n) is 2.42.